The molecule has 0 spiro atoms. The van der Waals surface area contributed by atoms with E-state index in [1.165, 1.54) is 17.8 Å². The normalized spacial score (nSPS) is 14.9. The van der Waals surface area contributed by atoms with Gasteiger partial charge in [0.1, 0.15) is 11.9 Å². The highest BCUT2D eigenvalue weighted by Crippen LogP contribution is 2.28. The fourth-order valence-corrected chi connectivity index (χ4v) is 4.10. The Kier molecular flexibility index (Phi) is 7.14. The van der Waals surface area contributed by atoms with Gasteiger partial charge in [-0.05, 0) is 48.5 Å². The Balaban J connectivity index is 1.58. The molecule has 5 nitrogen and oxygen atoms in total. The zero-order valence-corrected chi connectivity index (χ0v) is 18.2. The van der Waals surface area contributed by atoms with Crippen molar-refractivity contribution in [1.82, 2.24) is 4.90 Å². The number of carbonyl (C=O) groups is 1. The third-order valence-electron chi connectivity index (χ3n) is 5.68. The van der Waals surface area contributed by atoms with Crippen LogP contribution >= 0.6 is 0 Å². The Morgan fingerprint density at radius 3 is 2.38 bits per heavy atom. The summed E-state index contributed by atoms with van der Waals surface area (Å²) in [5.41, 5.74) is 3.80. The lowest BCUT2D eigenvalue weighted by atomic mass is 10.0. The molecule has 0 aromatic heterocycles. The standard InChI is InChI=1S/C26H28FN3O2/c1-29(19-21-9-5-6-10-24(21)30-15-17-32-18-16-30)25(20-7-3-2-4-8-20)26(31)28-23-13-11-22(27)12-14-23/h2-14,25H,15-19H2,1H3,(H,28,31). The van der Waals surface area contributed by atoms with Crippen LogP contribution in [0.4, 0.5) is 15.8 Å². The van der Waals surface area contributed by atoms with Crippen molar-refractivity contribution in [2.45, 2.75) is 12.6 Å². The van der Waals surface area contributed by atoms with Crippen LogP contribution in [0.25, 0.3) is 0 Å². The fourth-order valence-electron chi connectivity index (χ4n) is 4.10. The number of para-hydroxylation sites is 1. The van der Waals surface area contributed by atoms with E-state index < -0.39 is 6.04 Å². The number of halogens is 1. The van der Waals surface area contributed by atoms with E-state index in [1.54, 1.807) is 12.1 Å². The number of rotatable bonds is 7. The van der Waals surface area contributed by atoms with Crippen molar-refractivity contribution in [1.29, 1.82) is 0 Å². The maximum atomic E-state index is 13.3. The van der Waals surface area contributed by atoms with Crippen molar-refractivity contribution in [2.75, 3.05) is 43.6 Å². The molecule has 1 fully saturated rings. The SMILES string of the molecule is CN(Cc1ccccc1N1CCOCC1)C(C(=O)Nc1ccc(F)cc1)c1ccccc1. The van der Waals surface area contributed by atoms with Crippen molar-refractivity contribution in [3.63, 3.8) is 0 Å². The van der Waals surface area contributed by atoms with Crippen LogP contribution in [-0.4, -0.2) is 44.2 Å². The van der Waals surface area contributed by atoms with Crippen molar-refractivity contribution in [2.24, 2.45) is 0 Å². The molecular formula is C26H28FN3O2. The number of likely N-dealkylation sites (N-methyl/N-ethyl adjacent to an activating group) is 1. The molecule has 0 radical (unpaired) electrons. The second kappa shape index (κ2) is 10.4. The number of hydrogen-bond donors (Lipinski definition) is 1. The molecule has 4 rings (SSSR count). The van der Waals surface area contributed by atoms with Gasteiger partial charge in [0.25, 0.3) is 0 Å². The van der Waals surface area contributed by atoms with Gasteiger partial charge in [-0.1, -0.05) is 48.5 Å². The highest BCUT2D eigenvalue weighted by Gasteiger charge is 2.26. The quantitative estimate of drug-likeness (QED) is 0.597. The number of ether oxygens (including phenoxy) is 1. The highest BCUT2D eigenvalue weighted by molar-refractivity contribution is 5.95. The van der Waals surface area contributed by atoms with Crippen LogP contribution in [0, 0.1) is 5.82 Å². The number of hydrogen-bond acceptors (Lipinski definition) is 4. The zero-order chi connectivity index (χ0) is 22.3. The molecule has 1 N–H and O–H groups in total. The van der Waals surface area contributed by atoms with Gasteiger partial charge in [-0.2, -0.15) is 0 Å². The Morgan fingerprint density at radius 2 is 1.66 bits per heavy atom. The van der Waals surface area contributed by atoms with Gasteiger partial charge >= 0.3 is 0 Å². The monoisotopic (exact) mass is 433 g/mol. The number of nitrogens with zero attached hydrogens (tertiary/aromatic N) is 2. The molecule has 166 valence electrons. The maximum absolute atomic E-state index is 13.3. The lowest BCUT2D eigenvalue weighted by Gasteiger charge is -2.33. The van der Waals surface area contributed by atoms with Crippen LogP contribution in [0.3, 0.4) is 0 Å². The summed E-state index contributed by atoms with van der Waals surface area (Å²) in [6.07, 6.45) is 0. The summed E-state index contributed by atoms with van der Waals surface area (Å²) in [6, 6.07) is 23.4. The van der Waals surface area contributed by atoms with E-state index in [0.29, 0.717) is 12.2 Å². The summed E-state index contributed by atoms with van der Waals surface area (Å²) < 4.78 is 18.8. The largest absolute Gasteiger partial charge is 0.378 e. The summed E-state index contributed by atoms with van der Waals surface area (Å²) in [6.45, 7) is 3.75. The predicted molar refractivity (Wildman–Crippen MR) is 125 cm³/mol. The number of anilines is 2. The molecule has 3 aromatic rings. The van der Waals surface area contributed by atoms with Gasteiger partial charge in [-0.25, -0.2) is 4.39 Å². The van der Waals surface area contributed by atoms with Gasteiger partial charge in [-0.3, -0.25) is 9.69 Å². The second-order valence-corrected chi connectivity index (χ2v) is 7.95. The van der Waals surface area contributed by atoms with Gasteiger partial charge < -0.3 is 15.0 Å². The van der Waals surface area contributed by atoms with Crippen LogP contribution < -0.4 is 10.2 Å². The number of carbonyl (C=O) groups excluding carboxylic acids is 1. The number of benzene rings is 3. The topological polar surface area (TPSA) is 44.8 Å². The van der Waals surface area contributed by atoms with Crippen molar-refractivity contribution >= 4 is 17.3 Å². The summed E-state index contributed by atoms with van der Waals surface area (Å²) in [4.78, 5) is 17.7. The van der Waals surface area contributed by atoms with E-state index in [2.05, 4.69) is 22.3 Å². The molecule has 0 aliphatic carbocycles. The lowest BCUT2D eigenvalue weighted by Crippen LogP contribution is -2.38. The molecule has 6 heteroatoms. The van der Waals surface area contributed by atoms with Crippen molar-refractivity contribution < 1.29 is 13.9 Å². The molecular weight excluding hydrogens is 405 g/mol. The van der Waals surface area contributed by atoms with Crippen molar-refractivity contribution in [3.8, 4) is 0 Å². The van der Waals surface area contributed by atoms with E-state index in [-0.39, 0.29) is 11.7 Å². The number of amides is 1. The number of morpholine rings is 1. The van der Waals surface area contributed by atoms with Gasteiger partial charge in [0.15, 0.2) is 0 Å². The van der Waals surface area contributed by atoms with Gasteiger partial charge in [0, 0.05) is 31.0 Å². The molecule has 3 aromatic carbocycles. The highest BCUT2D eigenvalue weighted by atomic mass is 19.1. The molecule has 0 bridgehead atoms. The molecule has 0 saturated carbocycles. The molecule has 32 heavy (non-hydrogen) atoms. The molecule has 1 aliphatic rings. The summed E-state index contributed by atoms with van der Waals surface area (Å²) in [5, 5.41) is 2.94. The molecule has 1 unspecified atom stereocenters. The first-order valence-corrected chi connectivity index (χ1v) is 10.8. The average molecular weight is 434 g/mol. The van der Waals surface area contributed by atoms with E-state index in [1.807, 2.05) is 54.4 Å². The smallest absolute Gasteiger partial charge is 0.246 e. The Bertz CT molecular complexity index is 1020. The Hall–Kier alpha value is -3.22. The van der Waals surface area contributed by atoms with E-state index >= 15 is 0 Å². The van der Waals surface area contributed by atoms with Crippen LogP contribution in [0.5, 0.6) is 0 Å². The first-order valence-electron chi connectivity index (χ1n) is 10.8. The predicted octanol–water partition coefficient (Wildman–Crippen LogP) is 4.47. The van der Waals surface area contributed by atoms with E-state index in [4.69, 9.17) is 4.74 Å². The second-order valence-electron chi connectivity index (χ2n) is 7.95. The zero-order valence-electron chi connectivity index (χ0n) is 18.2. The fraction of sp³-hybridized carbons (Fsp3) is 0.269. The van der Waals surface area contributed by atoms with Gasteiger partial charge in [-0.15, -0.1) is 0 Å². The van der Waals surface area contributed by atoms with Crippen LogP contribution in [0.2, 0.25) is 0 Å². The lowest BCUT2D eigenvalue weighted by molar-refractivity contribution is -0.121. The molecule has 1 atom stereocenters. The Morgan fingerprint density at radius 1 is 1.00 bits per heavy atom. The minimum Gasteiger partial charge on any atom is -0.378 e. The molecule has 1 amide bonds. The summed E-state index contributed by atoms with van der Waals surface area (Å²) in [7, 11) is 1.96. The summed E-state index contributed by atoms with van der Waals surface area (Å²) >= 11 is 0. The minimum absolute atomic E-state index is 0.158. The summed E-state index contributed by atoms with van der Waals surface area (Å²) in [5.74, 6) is -0.492. The number of nitrogens with one attached hydrogen (secondary N) is 1. The minimum atomic E-state index is -0.501. The molecule has 1 aliphatic heterocycles. The first kappa shape index (κ1) is 22.0. The molecule has 1 saturated heterocycles. The first-order chi connectivity index (χ1) is 15.6. The maximum Gasteiger partial charge on any atom is 0.246 e. The van der Waals surface area contributed by atoms with Crippen molar-refractivity contribution in [3.05, 3.63) is 95.8 Å². The van der Waals surface area contributed by atoms with E-state index in [0.717, 1.165) is 37.4 Å². The van der Waals surface area contributed by atoms with Crippen LogP contribution in [-0.2, 0) is 16.1 Å². The van der Waals surface area contributed by atoms with Crippen LogP contribution in [0.1, 0.15) is 17.2 Å². The van der Waals surface area contributed by atoms with Gasteiger partial charge in [0.05, 0.1) is 13.2 Å². The molecule has 1 heterocycles. The van der Waals surface area contributed by atoms with Crippen LogP contribution in [0.15, 0.2) is 78.9 Å². The average Bonchev–Trinajstić information content (AvgIpc) is 2.82. The third-order valence-corrected chi connectivity index (χ3v) is 5.68. The van der Waals surface area contributed by atoms with E-state index in [9.17, 15) is 9.18 Å². The Labute approximate surface area is 188 Å². The van der Waals surface area contributed by atoms with Gasteiger partial charge in [0.2, 0.25) is 5.91 Å². The third kappa shape index (κ3) is 5.33.